The Kier molecular flexibility index (Phi) is 4.16. The molecule has 3 nitrogen and oxygen atoms in total. The zero-order valence-electron chi connectivity index (χ0n) is 12.0. The van der Waals surface area contributed by atoms with E-state index in [1.165, 1.54) is 25.7 Å². The van der Waals surface area contributed by atoms with Crippen LogP contribution >= 0.6 is 0 Å². The average molecular weight is 270 g/mol. The predicted molar refractivity (Wildman–Crippen MR) is 82.1 cm³/mol. The highest BCUT2D eigenvalue weighted by Gasteiger charge is 2.24. The fourth-order valence-electron chi connectivity index (χ4n) is 3.09. The first-order valence-corrected chi connectivity index (χ1v) is 7.56. The van der Waals surface area contributed by atoms with Gasteiger partial charge in [0.05, 0.1) is 5.52 Å². The molecule has 0 bridgehead atoms. The van der Waals surface area contributed by atoms with Crippen molar-refractivity contribution in [3.05, 3.63) is 36.5 Å². The summed E-state index contributed by atoms with van der Waals surface area (Å²) in [5, 5.41) is 4.53. The Morgan fingerprint density at radius 3 is 2.90 bits per heavy atom. The molecule has 2 atom stereocenters. The van der Waals surface area contributed by atoms with Crippen LogP contribution in [0, 0.1) is 0 Å². The lowest BCUT2D eigenvalue weighted by atomic mass is 10.1. The SMILES string of the molecule is CNC1CCCCCC1Oc1cccc2ncccc12. The Balaban J connectivity index is 1.87. The van der Waals surface area contributed by atoms with E-state index in [4.69, 9.17) is 4.74 Å². The maximum absolute atomic E-state index is 6.35. The van der Waals surface area contributed by atoms with Crippen molar-refractivity contribution in [2.45, 2.75) is 44.2 Å². The van der Waals surface area contributed by atoms with Crippen molar-refractivity contribution >= 4 is 10.9 Å². The summed E-state index contributed by atoms with van der Waals surface area (Å²) in [4.78, 5) is 4.40. The van der Waals surface area contributed by atoms with Gasteiger partial charge < -0.3 is 10.1 Å². The summed E-state index contributed by atoms with van der Waals surface area (Å²) in [7, 11) is 2.04. The summed E-state index contributed by atoms with van der Waals surface area (Å²) in [5.74, 6) is 0.961. The van der Waals surface area contributed by atoms with Gasteiger partial charge in [-0.15, -0.1) is 0 Å². The third-order valence-corrected chi connectivity index (χ3v) is 4.21. The second-order valence-corrected chi connectivity index (χ2v) is 5.52. The fourth-order valence-corrected chi connectivity index (χ4v) is 3.09. The van der Waals surface area contributed by atoms with Gasteiger partial charge in [-0.3, -0.25) is 4.98 Å². The molecule has 3 heteroatoms. The maximum Gasteiger partial charge on any atom is 0.129 e. The molecule has 0 saturated heterocycles. The minimum atomic E-state index is 0.258. The number of benzene rings is 1. The summed E-state index contributed by atoms with van der Waals surface area (Å²) >= 11 is 0. The lowest BCUT2D eigenvalue weighted by molar-refractivity contribution is 0.151. The molecule has 0 amide bonds. The first-order chi connectivity index (χ1) is 9.88. The van der Waals surface area contributed by atoms with Crippen LogP contribution in [0.3, 0.4) is 0 Å². The van der Waals surface area contributed by atoms with E-state index >= 15 is 0 Å². The average Bonchev–Trinajstić information content (AvgIpc) is 2.72. The molecule has 0 aliphatic heterocycles. The summed E-state index contributed by atoms with van der Waals surface area (Å²) in [6.07, 6.45) is 8.28. The monoisotopic (exact) mass is 270 g/mol. The molecule has 1 saturated carbocycles. The predicted octanol–water partition coefficient (Wildman–Crippen LogP) is 3.53. The normalized spacial score (nSPS) is 23.4. The number of likely N-dealkylation sites (N-methyl/N-ethyl adjacent to an activating group) is 1. The number of nitrogens with one attached hydrogen (secondary N) is 1. The molecule has 2 unspecified atom stereocenters. The zero-order valence-corrected chi connectivity index (χ0v) is 12.0. The van der Waals surface area contributed by atoms with Crippen LogP contribution < -0.4 is 10.1 Å². The van der Waals surface area contributed by atoms with Gasteiger partial charge in [0, 0.05) is 17.6 Å². The van der Waals surface area contributed by atoms with Gasteiger partial charge in [-0.25, -0.2) is 0 Å². The van der Waals surface area contributed by atoms with Crippen molar-refractivity contribution in [3.63, 3.8) is 0 Å². The van der Waals surface area contributed by atoms with Crippen molar-refractivity contribution in [3.8, 4) is 5.75 Å². The molecule has 1 aromatic carbocycles. The molecule has 1 aromatic heterocycles. The number of pyridine rings is 1. The second kappa shape index (κ2) is 6.23. The molecule has 0 spiro atoms. The van der Waals surface area contributed by atoms with Crippen molar-refractivity contribution in [2.75, 3.05) is 7.05 Å². The molecule has 3 rings (SSSR count). The van der Waals surface area contributed by atoms with Gasteiger partial charge in [-0.1, -0.05) is 18.9 Å². The van der Waals surface area contributed by atoms with Crippen molar-refractivity contribution in [1.82, 2.24) is 10.3 Å². The smallest absolute Gasteiger partial charge is 0.129 e. The first kappa shape index (κ1) is 13.4. The highest BCUT2D eigenvalue weighted by Crippen LogP contribution is 2.28. The standard InChI is InChI=1S/C17H22N2O/c1-18-15-8-3-2-4-10-17(15)20-16-11-5-9-14-13(16)7-6-12-19-14/h5-7,9,11-12,15,17-18H,2-4,8,10H2,1H3. The molecular weight excluding hydrogens is 248 g/mol. The molecule has 20 heavy (non-hydrogen) atoms. The lowest BCUT2D eigenvalue weighted by Crippen LogP contribution is -2.40. The molecule has 2 aromatic rings. The largest absolute Gasteiger partial charge is 0.488 e. The molecular formula is C17H22N2O. The van der Waals surface area contributed by atoms with E-state index in [0.717, 1.165) is 23.1 Å². The second-order valence-electron chi connectivity index (χ2n) is 5.52. The van der Waals surface area contributed by atoms with E-state index in [9.17, 15) is 0 Å². The highest BCUT2D eigenvalue weighted by atomic mass is 16.5. The third-order valence-electron chi connectivity index (χ3n) is 4.21. The van der Waals surface area contributed by atoms with Crippen LogP contribution in [0.2, 0.25) is 0 Å². The minimum absolute atomic E-state index is 0.258. The third kappa shape index (κ3) is 2.78. The van der Waals surface area contributed by atoms with E-state index in [1.807, 2.05) is 31.4 Å². The number of aromatic nitrogens is 1. The zero-order chi connectivity index (χ0) is 13.8. The maximum atomic E-state index is 6.35. The number of ether oxygens (including phenoxy) is 1. The molecule has 1 N–H and O–H groups in total. The van der Waals surface area contributed by atoms with E-state index < -0.39 is 0 Å². The Labute approximate surface area is 120 Å². The molecule has 106 valence electrons. The van der Waals surface area contributed by atoms with Gasteiger partial charge in [0.25, 0.3) is 0 Å². The van der Waals surface area contributed by atoms with Crippen molar-refractivity contribution in [2.24, 2.45) is 0 Å². The lowest BCUT2D eigenvalue weighted by Gasteiger charge is -2.26. The van der Waals surface area contributed by atoms with Crippen molar-refractivity contribution < 1.29 is 4.74 Å². The molecule has 1 fully saturated rings. The minimum Gasteiger partial charge on any atom is -0.488 e. The van der Waals surface area contributed by atoms with Crippen LogP contribution in [-0.4, -0.2) is 24.2 Å². The topological polar surface area (TPSA) is 34.1 Å². The summed E-state index contributed by atoms with van der Waals surface area (Å²) in [6.45, 7) is 0. The van der Waals surface area contributed by atoms with Gasteiger partial charge in [-0.2, -0.15) is 0 Å². The van der Waals surface area contributed by atoms with Crippen LogP contribution in [-0.2, 0) is 0 Å². The summed E-state index contributed by atoms with van der Waals surface area (Å²) in [5.41, 5.74) is 1.000. The Bertz CT molecular complexity index is 564. The Hall–Kier alpha value is -1.61. The van der Waals surface area contributed by atoms with Gasteiger partial charge >= 0.3 is 0 Å². The Morgan fingerprint density at radius 2 is 2.00 bits per heavy atom. The molecule has 1 aliphatic carbocycles. The van der Waals surface area contributed by atoms with E-state index in [0.29, 0.717) is 6.04 Å². The Morgan fingerprint density at radius 1 is 1.10 bits per heavy atom. The van der Waals surface area contributed by atoms with E-state index in [2.05, 4.69) is 22.4 Å². The van der Waals surface area contributed by atoms with Crippen LogP contribution in [0.1, 0.15) is 32.1 Å². The van der Waals surface area contributed by atoms with Gasteiger partial charge in [0.15, 0.2) is 0 Å². The first-order valence-electron chi connectivity index (χ1n) is 7.56. The van der Waals surface area contributed by atoms with Crippen LogP contribution in [0.15, 0.2) is 36.5 Å². The van der Waals surface area contributed by atoms with Crippen LogP contribution in [0.25, 0.3) is 10.9 Å². The van der Waals surface area contributed by atoms with Gasteiger partial charge in [0.1, 0.15) is 11.9 Å². The van der Waals surface area contributed by atoms with Crippen LogP contribution in [0.4, 0.5) is 0 Å². The number of rotatable bonds is 3. The van der Waals surface area contributed by atoms with E-state index in [-0.39, 0.29) is 6.10 Å². The van der Waals surface area contributed by atoms with Crippen molar-refractivity contribution in [1.29, 1.82) is 0 Å². The number of fused-ring (bicyclic) bond motifs is 1. The fraction of sp³-hybridized carbons (Fsp3) is 0.471. The summed E-state index contributed by atoms with van der Waals surface area (Å²) < 4.78 is 6.35. The van der Waals surface area contributed by atoms with E-state index in [1.54, 1.807) is 0 Å². The van der Waals surface area contributed by atoms with Crippen LogP contribution in [0.5, 0.6) is 5.75 Å². The number of nitrogens with zero attached hydrogens (tertiary/aromatic N) is 1. The quantitative estimate of drug-likeness (QED) is 0.866. The summed E-state index contributed by atoms with van der Waals surface area (Å²) in [6, 6.07) is 10.6. The molecule has 0 radical (unpaired) electrons. The van der Waals surface area contributed by atoms with Gasteiger partial charge in [-0.05, 0) is 50.6 Å². The van der Waals surface area contributed by atoms with Gasteiger partial charge in [0.2, 0.25) is 0 Å². The molecule has 1 heterocycles. The molecule has 1 aliphatic rings. The highest BCUT2D eigenvalue weighted by molar-refractivity contribution is 5.84. The number of hydrogen-bond donors (Lipinski definition) is 1. The number of hydrogen-bond acceptors (Lipinski definition) is 3.